The van der Waals surface area contributed by atoms with Gasteiger partial charge in [-0.15, -0.1) is 0 Å². The number of carbonyl (C=O) groups excluding carboxylic acids is 1. The molecule has 0 aliphatic carbocycles. The van der Waals surface area contributed by atoms with E-state index >= 15 is 0 Å². The minimum absolute atomic E-state index is 0.106. The van der Waals surface area contributed by atoms with Crippen molar-refractivity contribution in [1.29, 1.82) is 0 Å². The zero-order valence-electron chi connectivity index (χ0n) is 13.7. The lowest BCUT2D eigenvalue weighted by molar-refractivity contribution is 0.0696. The van der Waals surface area contributed by atoms with Gasteiger partial charge in [0.2, 0.25) is 0 Å². The van der Waals surface area contributed by atoms with Gasteiger partial charge in [0.1, 0.15) is 0 Å². The predicted molar refractivity (Wildman–Crippen MR) is 94.8 cm³/mol. The van der Waals surface area contributed by atoms with Crippen LogP contribution in [0.1, 0.15) is 38.3 Å². The van der Waals surface area contributed by atoms with Crippen molar-refractivity contribution in [2.45, 2.75) is 25.9 Å². The zero-order valence-corrected chi connectivity index (χ0v) is 13.7. The van der Waals surface area contributed by atoms with Crippen LogP contribution in [-0.4, -0.2) is 21.6 Å². The Morgan fingerprint density at radius 1 is 1.12 bits per heavy atom. The molecule has 0 radical (unpaired) electrons. The van der Waals surface area contributed by atoms with Gasteiger partial charge in [-0.25, -0.2) is 4.79 Å². The number of aromatic carboxylic acids is 1. The van der Waals surface area contributed by atoms with Crippen molar-refractivity contribution in [3.05, 3.63) is 70.9 Å². The van der Waals surface area contributed by atoms with Crippen LogP contribution < -0.4 is 5.32 Å². The quantitative estimate of drug-likeness (QED) is 0.769. The number of nitrogens with zero attached hydrogens (tertiary/aromatic N) is 1. The number of rotatable bonds is 4. The molecular weight excluding hydrogens is 316 g/mol. The van der Waals surface area contributed by atoms with Crippen LogP contribution in [-0.2, 0) is 19.5 Å². The molecule has 126 valence electrons. The Labute approximate surface area is 144 Å². The van der Waals surface area contributed by atoms with Crippen LogP contribution in [0.15, 0.2) is 48.7 Å². The van der Waals surface area contributed by atoms with Crippen LogP contribution in [0.2, 0.25) is 0 Å². The summed E-state index contributed by atoms with van der Waals surface area (Å²) in [5, 5.41) is 12.9. The summed E-state index contributed by atoms with van der Waals surface area (Å²) in [5.74, 6) is -1.06. The molecule has 3 aromatic rings. The van der Waals surface area contributed by atoms with Gasteiger partial charge < -0.3 is 15.0 Å². The van der Waals surface area contributed by atoms with Crippen molar-refractivity contribution in [3.63, 3.8) is 0 Å². The lowest BCUT2D eigenvalue weighted by Crippen LogP contribution is -2.22. The van der Waals surface area contributed by atoms with Gasteiger partial charge in [-0.1, -0.05) is 30.3 Å². The molecule has 1 aliphatic rings. The number of nitrogens with one attached hydrogen (secondary N) is 1. The van der Waals surface area contributed by atoms with E-state index in [0.29, 0.717) is 12.1 Å². The fraction of sp³-hybridized carbons (Fsp3) is 0.200. The maximum atomic E-state index is 12.6. The van der Waals surface area contributed by atoms with Crippen molar-refractivity contribution in [2.75, 3.05) is 0 Å². The summed E-state index contributed by atoms with van der Waals surface area (Å²) in [5.41, 5.74) is 4.27. The molecule has 1 amide bonds. The summed E-state index contributed by atoms with van der Waals surface area (Å²) >= 11 is 0. The van der Waals surface area contributed by atoms with E-state index in [2.05, 4.69) is 16.0 Å². The summed E-state index contributed by atoms with van der Waals surface area (Å²) in [7, 11) is 0. The highest BCUT2D eigenvalue weighted by molar-refractivity contribution is 6.07. The minimum atomic E-state index is -0.954. The van der Waals surface area contributed by atoms with E-state index in [1.807, 2.05) is 18.3 Å². The molecular formula is C20H18N2O3. The van der Waals surface area contributed by atoms with Crippen molar-refractivity contribution < 1.29 is 14.7 Å². The van der Waals surface area contributed by atoms with E-state index in [4.69, 9.17) is 5.11 Å². The van der Waals surface area contributed by atoms with Gasteiger partial charge in [-0.05, 0) is 36.1 Å². The second-order valence-electron chi connectivity index (χ2n) is 6.34. The summed E-state index contributed by atoms with van der Waals surface area (Å²) in [6.45, 7) is 1.31. The fourth-order valence-electron chi connectivity index (χ4n) is 3.48. The van der Waals surface area contributed by atoms with Gasteiger partial charge in [0, 0.05) is 24.7 Å². The van der Waals surface area contributed by atoms with E-state index in [1.165, 1.54) is 11.1 Å². The van der Waals surface area contributed by atoms with Gasteiger partial charge in [0.25, 0.3) is 5.91 Å². The number of hydrogen-bond donors (Lipinski definition) is 2. The highest BCUT2D eigenvalue weighted by Gasteiger charge is 2.19. The first-order valence-corrected chi connectivity index (χ1v) is 8.34. The van der Waals surface area contributed by atoms with Gasteiger partial charge in [0.05, 0.1) is 16.6 Å². The number of para-hydroxylation sites is 1. The Morgan fingerprint density at radius 2 is 1.92 bits per heavy atom. The van der Waals surface area contributed by atoms with Crippen molar-refractivity contribution in [2.24, 2.45) is 0 Å². The first-order valence-electron chi connectivity index (χ1n) is 8.34. The normalized spacial score (nSPS) is 13.0. The monoisotopic (exact) mass is 334 g/mol. The Balaban J connectivity index is 1.55. The molecule has 5 heteroatoms. The summed E-state index contributed by atoms with van der Waals surface area (Å²) in [4.78, 5) is 23.5. The highest BCUT2D eigenvalue weighted by atomic mass is 16.4. The Morgan fingerprint density at radius 3 is 2.68 bits per heavy atom. The average Bonchev–Trinajstić information content (AvgIpc) is 3.01. The smallest absolute Gasteiger partial charge is 0.335 e. The average molecular weight is 334 g/mol. The topological polar surface area (TPSA) is 71.3 Å². The van der Waals surface area contributed by atoms with Crippen LogP contribution >= 0.6 is 0 Å². The largest absolute Gasteiger partial charge is 0.478 e. The SMILES string of the molecule is O=C(O)c1ccc(CNC(=O)c2cn3c4c(cccc24)CCC3)cc1. The van der Waals surface area contributed by atoms with Gasteiger partial charge >= 0.3 is 5.97 Å². The van der Waals surface area contributed by atoms with E-state index in [0.717, 1.165) is 30.3 Å². The number of hydrogen-bond acceptors (Lipinski definition) is 2. The summed E-state index contributed by atoms with van der Waals surface area (Å²) in [6, 6.07) is 12.7. The molecule has 2 N–H and O–H groups in total. The van der Waals surface area contributed by atoms with E-state index in [9.17, 15) is 9.59 Å². The van der Waals surface area contributed by atoms with Crippen molar-refractivity contribution in [1.82, 2.24) is 9.88 Å². The van der Waals surface area contributed by atoms with Crippen LogP contribution in [0.5, 0.6) is 0 Å². The highest BCUT2D eigenvalue weighted by Crippen LogP contribution is 2.29. The Bertz CT molecular complexity index is 971. The molecule has 0 saturated carbocycles. The lowest BCUT2D eigenvalue weighted by Gasteiger charge is -2.14. The second kappa shape index (κ2) is 6.09. The molecule has 1 aromatic heterocycles. The van der Waals surface area contributed by atoms with E-state index in [1.54, 1.807) is 24.3 Å². The van der Waals surface area contributed by atoms with Gasteiger partial charge in [-0.2, -0.15) is 0 Å². The van der Waals surface area contributed by atoms with Gasteiger partial charge in [-0.3, -0.25) is 4.79 Å². The molecule has 2 heterocycles. The van der Waals surface area contributed by atoms with Gasteiger partial charge in [0.15, 0.2) is 0 Å². The number of carboxylic acids is 1. The fourth-order valence-corrected chi connectivity index (χ4v) is 3.48. The first kappa shape index (κ1) is 15.4. The Hall–Kier alpha value is -3.08. The molecule has 2 aromatic carbocycles. The third-order valence-corrected chi connectivity index (χ3v) is 4.73. The number of amides is 1. The molecule has 5 nitrogen and oxygen atoms in total. The van der Waals surface area contributed by atoms with Crippen molar-refractivity contribution >= 4 is 22.8 Å². The molecule has 4 rings (SSSR count). The molecule has 0 spiro atoms. The third kappa shape index (κ3) is 2.78. The summed E-state index contributed by atoms with van der Waals surface area (Å²) in [6.07, 6.45) is 4.09. The molecule has 25 heavy (non-hydrogen) atoms. The number of aromatic nitrogens is 1. The summed E-state index contributed by atoms with van der Waals surface area (Å²) < 4.78 is 2.17. The van der Waals surface area contributed by atoms with E-state index < -0.39 is 5.97 Å². The standard InChI is InChI=1S/C20H18N2O3/c23-19(21-11-13-6-8-15(9-7-13)20(24)25)17-12-22-10-2-4-14-3-1-5-16(17)18(14)22/h1,3,5-9,12H,2,4,10-11H2,(H,21,23)(H,24,25). The molecule has 0 unspecified atom stereocenters. The first-order chi connectivity index (χ1) is 12.1. The van der Waals surface area contributed by atoms with Crippen LogP contribution in [0.25, 0.3) is 10.9 Å². The lowest BCUT2D eigenvalue weighted by atomic mass is 10.0. The van der Waals surface area contributed by atoms with E-state index in [-0.39, 0.29) is 11.5 Å². The molecule has 0 bridgehead atoms. The molecule has 1 aliphatic heterocycles. The predicted octanol–water partition coefficient (Wildman–Crippen LogP) is 3.22. The van der Waals surface area contributed by atoms with Crippen molar-refractivity contribution in [3.8, 4) is 0 Å². The molecule has 0 fully saturated rings. The molecule has 0 saturated heterocycles. The van der Waals surface area contributed by atoms with Crippen LogP contribution in [0, 0.1) is 0 Å². The maximum absolute atomic E-state index is 12.6. The number of benzene rings is 2. The van der Waals surface area contributed by atoms with Crippen LogP contribution in [0.4, 0.5) is 0 Å². The third-order valence-electron chi connectivity index (χ3n) is 4.73. The zero-order chi connectivity index (χ0) is 17.4. The van der Waals surface area contributed by atoms with Crippen LogP contribution in [0.3, 0.4) is 0 Å². The Kier molecular flexibility index (Phi) is 3.76. The maximum Gasteiger partial charge on any atom is 0.335 e. The number of aryl methyl sites for hydroxylation is 2. The minimum Gasteiger partial charge on any atom is -0.478 e. The second-order valence-corrected chi connectivity index (χ2v) is 6.34. The number of carboxylic acid groups (broad SMARTS) is 1. The number of carbonyl (C=O) groups is 2. The molecule has 0 atom stereocenters.